The number of nitrogens with two attached hydrogens (primary N) is 1. The highest BCUT2D eigenvalue weighted by atomic mass is 35.5. The lowest BCUT2D eigenvalue weighted by atomic mass is 10.1. The molecule has 5 heteroatoms. The second-order valence-electron chi connectivity index (χ2n) is 6.49. The Morgan fingerprint density at radius 3 is 1.85 bits per heavy atom. The van der Waals surface area contributed by atoms with Gasteiger partial charge >= 0.3 is 0 Å². The van der Waals surface area contributed by atoms with E-state index < -0.39 is 0 Å². The normalized spacial score (nSPS) is 11.1. The van der Waals surface area contributed by atoms with Crippen LogP contribution in [0, 0.1) is 11.6 Å². The third-order valence-electron chi connectivity index (χ3n) is 4.43. The molecule has 140 valence electrons. The maximum absolute atomic E-state index is 14.3. The zero-order valence-electron chi connectivity index (χ0n) is 14.8. The molecule has 2 nitrogen and oxygen atoms in total. The van der Waals surface area contributed by atoms with Gasteiger partial charge in [0.2, 0.25) is 0 Å². The molecule has 27 heavy (non-hydrogen) atoms. The van der Waals surface area contributed by atoms with E-state index in [9.17, 15) is 8.78 Å². The second-order valence-corrected chi connectivity index (χ2v) is 6.90. The van der Waals surface area contributed by atoms with Gasteiger partial charge in [0.15, 0.2) is 0 Å². The number of hydrogen-bond acceptors (Lipinski definition) is 2. The molecular formula is C22H21ClF2N2. The second kappa shape index (κ2) is 9.09. The Labute approximate surface area is 163 Å². The zero-order chi connectivity index (χ0) is 19.2. The number of halogens is 3. The maximum Gasteiger partial charge on any atom is 0.129 e. The summed E-state index contributed by atoms with van der Waals surface area (Å²) in [5, 5.41) is 0.401. The van der Waals surface area contributed by atoms with Crippen LogP contribution >= 0.6 is 11.6 Å². The minimum atomic E-state index is -0.329. The smallest absolute Gasteiger partial charge is 0.129 e. The monoisotopic (exact) mass is 386 g/mol. The van der Waals surface area contributed by atoms with Gasteiger partial charge in [-0.3, -0.25) is 4.90 Å². The van der Waals surface area contributed by atoms with Crippen LogP contribution < -0.4 is 5.73 Å². The van der Waals surface area contributed by atoms with E-state index in [4.69, 9.17) is 17.3 Å². The van der Waals surface area contributed by atoms with Gasteiger partial charge in [-0.1, -0.05) is 54.1 Å². The van der Waals surface area contributed by atoms with Crippen LogP contribution in [0.3, 0.4) is 0 Å². The first-order valence-corrected chi connectivity index (χ1v) is 9.10. The van der Waals surface area contributed by atoms with Crippen LogP contribution in [0.5, 0.6) is 0 Å². The summed E-state index contributed by atoms with van der Waals surface area (Å²) >= 11 is 6.21. The largest absolute Gasteiger partial charge is 0.326 e. The Balaban J connectivity index is 1.83. The van der Waals surface area contributed by atoms with Gasteiger partial charge in [-0.25, -0.2) is 8.78 Å². The van der Waals surface area contributed by atoms with Crippen molar-refractivity contribution in [2.24, 2.45) is 5.73 Å². The summed E-state index contributed by atoms with van der Waals surface area (Å²) in [4.78, 5) is 2.08. The van der Waals surface area contributed by atoms with Crippen molar-refractivity contribution < 1.29 is 8.78 Å². The first kappa shape index (κ1) is 19.5. The van der Waals surface area contributed by atoms with Crippen LogP contribution in [0.4, 0.5) is 8.78 Å². The molecule has 3 rings (SSSR count). The van der Waals surface area contributed by atoms with Crippen molar-refractivity contribution in [3.63, 3.8) is 0 Å². The summed E-state index contributed by atoms with van der Waals surface area (Å²) in [5.74, 6) is -0.607. The third-order valence-corrected chi connectivity index (χ3v) is 4.78. The number of nitrogens with zero attached hydrogens (tertiary/aromatic N) is 1. The van der Waals surface area contributed by atoms with Crippen molar-refractivity contribution in [3.8, 4) is 0 Å². The fraction of sp³-hybridized carbons (Fsp3) is 0.182. The molecule has 0 atom stereocenters. The predicted molar refractivity (Wildman–Crippen MR) is 105 cm³/mol. The number of benzene rings is 3. The highest BCUT2D eigenvalue weighted by Gasteiger charge is 2.14. The summed E-state index contributed by atoms with van der Waals surface area (Å²) in [6.07, 6.45) is 0. The average Bonchev–Trinajstić information content (AvgIpc) is 2.67. The molecule has 0 heterocycles. The minimum Gasteiger partial charge on any atom is -0.326 e. The lowest BCUT2D eigenvalue weighted by Gasteiger charge is -2.24. The quantitative estimate of drug-likeness (QED) is 0.598. The molecule has 0 radical (unpaired) electrons. The molecule has 0 spiro atoms. The fourth-order valence-electron chi connectivity index (χ4n) is 2.96. The van der Waals surface area contributed by atoms with Crippen molar-refractivity contribution in [2.75, 3.05) is 0 Å². The van der Waals surface area contributed by atoms with Gasteiger partial charge in [-0.2, -0.15) is 0 Å². The third kappa shape index (κ3) is 5.36. The average molecular weight is 387 g/mol. The number of hydrogen-bond donors (Lipinski definition) is 1. The van der Waals surface area contributed by atoms with E-state index in [1.54, 1.807) is 24.3 Å². The highest BCUT2D eigenvalue weighted by molar-refractivity contribution is 6.31. The Morgan fingerprint density at radius 1 is 0.741 bits per heavy atom. The van der Waals surface area contributed by atoms with Gasteiger partial charge in [-0.05, 0) is 41.0 Å². The van der Waals surface area contributed by atoms with E-state index in [0.29, 0.717) is 36.8 Å². The van der Waals surface area contributed by atoms with Gasteiger partial charge < -0.3 is 5.73 Å². The van der Waals surface area contributed by atoms with Crippen LogP contribution in [0.15, 0.2) is 66.7 Å². The van der Waals surface area contributed by atoms with Crippen LogP contribution in [-0.2, 0) is 26.2 Å². The molecule has 0 bridgehead atoms. The van der Waals surface area contributed by atoms with E-state index in [1.807, 2.05) is 24.3 Å². The molecule has 0 aliphatic rings. The molecule has 3 aromatic carbocycles. The molecule has 3 aromatic rings. The summed E-state index contributed by atoms with van der Waals surface area (Å²) in [6, 6.07) is 19.0. The molecule has 0 unspecified atom stereocenters. The van der Waals surface area contributed by atoms with E-state index in [0.717, 1.165) is 16.7 Å². The van der Waals surface area contributed by atoms with Crippen LogP contribution in [0.1, 0.15) is 22.3 Å². The number of rotatable bonds is 7. The van der Waals surface area contributed by atoms with E-state index in [-0.39, 0.29) is 11.6 Å². The van der Waals surface area contributed by atoms with Crippen molar-refractivity contribution in [1.82, 2.24) is 4.90 Å². The Kier molecular flexibility index (Phi) is 6.56. The van der Waals surface area contributed by atoms with E-state index >= 15 is 0 Å². The topological polar surface area (TPSA) is 29.3 Å². The minimum absolute atomic E-state index is 0.278. The maximum atomic E-state index is 14.3. The summed E-state index contributed by atoms with van der Waals surface area (Å²) < 4.78 is 27.5. The molecule has 0 aromatic heterocycles. The molecule has 0 aliphatic carbocycles. The van der Waals surface area contributed by atoms with Gasteiger partial charge in [0, 0.05) is 36.8 Å². The molecular weight excluding hydrogens is 366 g/mol. The van der Waals surface area contributed by atoms with E-state index in [1.165, 1.54) is 18.2 Å². The zero-order valence-corrected chi connectivity index (χ0v) is 15.6. The van der Waals surface area contributed by atoms with Crippen molar-refractivity contribution in [2.45, 2.75) is 26.2 Å². The Hall–Kier alpha value is -2.27. The molecule has 2 N–H and O–H groups in total. The van der Waals surface area contributed by atoms with Crippen molar-refractivity contribution in [3.05, 3.63) is 106 Å². The van der Waals surface area contributed by atoms with Crippen molar-refractivity contribution >= 4 is 11.6 Å². The summed E-state index contributed by atoms with van der Waals surface area (Å²) in [5.41, 5.74) is 9.20. The highest BCUT2D eigenvalue weighted by Crippen LogP contribution is 2.23. The molecule has 0 saturated carbocycles. The van der Waals surface area contributed by atoms with Gasteiger partial charge in [-0.15, -0.1) is 0 Å². The van der Waals surface area contributed by atoms with Crippen molar-refractivity contribution in [1.29, 1.82) is 0 Å². The predicted octanol–water partition coefficient (Wildman–Crippen LogP) is 5.28. The van der Waals surface area contributed by atoms with Crippen LogP contribution in [-0.4, -0.2) is 4.90 Å². The first-order chi connectivity index (χ1) is 13.0. The summed E-state index contributed by atoms with van der Waals surface area (Å²) in [7, 11) is 0. The standard InChI is InChI=1S/C22H21ClF2N2/c23-21-2-1-3-22(25)20(21)15-27(14-18-8-10-19(24)11-9-18)13-17-6-4-16(12-26)5-7-17/h1-11H,12-15,26H2. The lowest BCUT2D eigenvalue weighted by Crippen LogP contribution is -2.23. The lowest BCUT2D eigenvalue weighted by molar-refractivity contribution is 0.244. The van der Waals surface area contributed by atoms with E-state index in [2.05, 4.69) is 4.90 Å². The SMILES string of the molecule is NCc1ccc(CN(Cc2ccc(F)cc2)Cc2c(F)cccc2Cl)cc1. The Bertz CT molecular complexity index is 860. The van der Waals surface area contributed by atoms with Gasteiger partial charge in [0.25, 0.3) is 0 Å². The van der Waals surface area contributed by atoms with Crippen LogP contribution in [0.25, 0.3) is 0 Å². The summed E-state index contributed by atoms with van der Waals surface area (Å²) in [6.45, 7) is 1.99. The first-order valence-electron chi connectivity index (χ1n) is 8.72. The molecule has 0 amide bonds. The molecule has 0 aliphatic heterocycles. The van der Waals surface area contributed by atoms with Gasteiger partial charge in [0.1, 0.15) is 11.6 Å². The Morgan fingerprint density at radius 2 is 1.30 bits per heavy atom. The van der Waals surface area contributed by atoms with Gasteiger partial charge in [0.05, 0.1) is 0 Å². The van der Waals surface area contributed by atoms with Crippen LogP contribution in [0.2, 0.25) is 5.02 Å². The molecule has 0 fully saturated rings. The fourth-order valence-corrected chi connectivity index (χ4v) is 3.18. The molecule has 0 saturated heterocycles.